The summed E-state index contributed by atoms with van der Waals surface area (Å²) in [5.74, 6) is -2.34. The number of amides is 1. The van der Waals surface area contributed by atoms with E-state index < -0.39 is 11.5 Å². The van der Waals surface area contributed by atoms with Crippen molar-refractivity contribution in [1.29, 1.82) is 0 Å². The molecule has 6 rings (SSSR count). The molecule has 1 N–H and O–H groups in total. The van der Waals surface area contributed by atoms with E-state index >= 15 is 0 Å². The highest BCUT2D eigenvalue weighted by atomic mass is 19.3. The first-order chi connectivity index (χ1) is 17.2. The zero-order valence-corrected chi connectivity index (χ0v) is 19.9. The molecule has 1 amide bonds. The summed E-state index contributed by atoms with van der Waals surface area (Å²) in [7, 11) is 0. The van der Waals surface area contributed by atoms with Crippen LogP contribution in [0.1, 0.15) is 43.0 Å². The molecule has 2 aliphatic rings. The maximum Gasteiger partial charge on any atom is 0.255 e. The van der Waals surface area contributed by atoms with Gasteiger partial charge in [0.05, 0.1) is 23.0 Å². The lowest BCUT2D eigenvalue weighted by atomic mass is 9.94. The van der Waals surface area contributed by atoms with Gasteiger partial charge >= 0.3 is 0 Å². The van der Waals surface area contributed by atoms with Crippen LogP contribution in [0.2, 0.25) is 0 Å². The van der Waals surface area contributed by atoms with Gasteiger partial charge in [0.1, 0.15) is 5.65 Å². The minimum absolute atomic E-state index is 0.0432. The Morgan fingerprint density at radius 3 is 2.56 bits per heavy atom. The van der Waals surface area contributed by atoms with Gasteiger partial charge in [-0.1, -0.05) is 0 Å². The molecular weight excluding hydrogens is 468 g/mol. The maximum atomic E-state index is 13.5. The Morgan fingerprint density at radius 2 is 1.81 bits per heavy atom. The van der Waals surface area contributed by atoms with E-state index in [4.69, 9.17) is 0 Å². The summed E-state index contributed by atoms with van der Waals surface area (Å²) < 4.78 is 30.6. The summed E-state index contributed by atoms with van der Waals surface area (Å²) >= 11 is 0. The SMILES string of the molecule is CC1(O)CCN(c2nc3ccc(-n4ccc5cc(C(=O)N6CCC(F)(F)CC6)cnc54)cn3n2)CC1. The van der Waals surface area contributed by atoms with Crippen molar-refractivity contribution >= 4 is 28.5 Å². The van der Waals surface area contributed by atoms with Crippen LogP contribution in [0.15, 0.2) is 42.9 Å². The standard InChI is InChI=1S/C25H27F2N7O2/c1-24(36)5-10-32(11-6-24)23-29-20-3-2-19(16-34(20)30-23)33-9-4-17-14-18(15-28-21(17)33)22(35)31-12-7-25(26,27)8-13-31/h2-4,9,14-16,36H,5-8,10-13H2,1H3. The van der Waals surface area contributed by atoms with Gasteiger partial charge in [-0.05, 0) is 44.0 Å². The fraction of sp³-hybridized carbons (Fsp3) is 0.440. The number of fused-ring (bicyclic) bond motifs is 2. The smallest absolute Gasteiger partial charge is 0.255 e. The average molecular weight is 496 g/mol. The molecule has 0 aliphatic carbocycles. The second kappa shape index (κ2) is 8.22. The van der Waals surface area contributed by atoms with Crippen LogP contribution < -0.4 is 4.90 Å². The van der Waals surface area contributed by atoms with Crippen LogP contribution in [-0.4, -0.2) is 77.8 Å². The molecule has 2 aliphatic heterocycles. The van der Waals surface area contributed by atoms with Crippen molar-refractivity contribution in [2.24, 2.45) is 0 Å². The Hall–Kier alpha value is -3.60. The van der Waals surface area contributed by atoms with E-state index in [1.165, 1.54) is 11.1 Å². The molecule has 0 unspecified atom stereocenters. The predicted octanol–water partition coefficient (Wildman–Crippen LogP) is 3.29. The number of hydrogen-bond acceptors (Lipinski definition) is 6. The molecule has 4 aromatic heterocycles. The van der Waals surface area contributed by atoms with E-state index in [1.54, 1.807) is 10.6 Å². The Bertz CT molecular complexity index is 1440. The number of carbonyl (C=O) groups excluding carboxylic acids is 1. The highest BCUT2D eigenvalue weighted by Gasteiger charge is 2.36. The molecule has 0 bridgehead atoms. The van der Waals surface area contributed by atoms with Crippen LogP contribution >= 0.6 is 0 Å². The van der Waals surface area contributed by atoms with Gasteiger partial charge in [-0.25, -0.2) is 18.3 Å². The molecule has 0 saturated carbocycles. The number of nitrogens with zero attached hydrogens (tertiary/aromatic N) is 7. The summed E-state index contributed by atoms with van der Waals surface area (Å²) in [6, 6.07) is 7.45. The van der Waals surface area contributed by atoms with Crippen molar-refractivity contribution in [1.82, 2.24) is 29.0 Å². The number of alkyl halides is 2. The molecule has 36 heavy (non-hydrogen) atoms. The topological polar surface area (TPSA) is 91.8 Å². The predicted molar refractivity (Wildman–Crippen MR) is 130 cm³/mol. The summed E-state index contributed by atoms with van der Waals surface area (Å²) in [5, 5.41) is 15.6. The van der Waals surface area contributed by atoms with Gasteiger partial charge in [-0.2, -0.15) is 4.98 Å². The zero-order chi connectivity index (χ0) is 25.1. The van der Waals surface area contributed by atoms with Gasteiger partial charge in [0, 0.05) is 56.8 Å². The number of carbonyl (C=O) groups is 1. The van der Waals surface area contributed by atoms with Gasteiger partial charge in [-0.3, -0.25) is 9.36 Å². The largest absolute Gasteiger partial charge is 0.390 e. The van der Waals surface area contributed by atoms with Crippen LogP contribution in [0, 0.1) is 0 Å². The third-order valence-electron chi connectivity index (χ3n) is 7.26. The number of pyridine rings is 2. The van der Waals surface area contributed by atoms with E-state index in [-0.39, 0.29) is 31.8 Å². The normalized spacial score (nSPS) is 19.8. The third kappa shape index (κ3) is 4.17. The van der Waals surface area contributed by atoms with Crippen molar-refractivity contribution in [3.05, 3.63) is 48.4 Å². The number of halogens is 2. The van der Waals surface area contributed by atoms with Crippen molar-refractivity contribution < 1.29 is 18.7 Å². The number of hydrogen-bond donors (Lipinski definition) is 1. The van der Waals surface area contributed by atoms with Crippen LogP contribution in [0.3, 0.4) is 0 Å². The van der Waals surface area contributed by atoms with Crippen LogP contribution in [-0.2, 0) is 0 Å². The molecule has 6 heterocycles. The molecule has 0 aromatic carbocycles. The summed E-state index contributed by atoms with van der Waals surface area (Å²) in [6.45, 7) is 3.34. The number of rotatable bonds is 3. The van der Waals surface area contributed by atoms with E-state index in [0.717, 1.165) is 16.7 Å². The second-order valence-corrected chi connectivity index (χ2v) is 10.1. The second-order valence-electron chi connectivity index (χ2n) is 10.1. The van der Waals surface area contributed by atoms with Crippen LogP contribution in [0.4, 0.5) is 14.7 Å². The molecule has 9 nitrogen and oxygen atoms in total. The molecule has 0 spiro atoms. The first kappa shape index (κ1) is 22.8. The van der Waals surface area contributed by atoms with Gasteiger partial charge < -0.3 is 14.9 Å². The fourth-order valence-electron chi connectivity index (χ4n) is 4.89. The number of aliphatic hydroxyl groups is 1. The van der Waals surface area contributed by atoms with Crippen LogP contribution in [0.25, 0.3) is 22.4 Å². The fourth-order valence-corrected chi connectivity index (χ4v) is 4.89. The van der Waals surface area contributed by atoms with Crippen molar-refractivity contribution in [3.8, 4) is 5.69 Å². The molecule has 0 atom stereocenters. The summed E-state index contributed by atoms with van der Waals surface area (Å²) in [5.41, 5.74) is 1.98. The van der Waals surface area contributed by atoms with E-state index in [2.05, 4.69) is 20.0 Å². The minimum Gasteiger partial charge on any atom is -0.390 e. The first-order valence-electron chi connectivity index (χ1n) is 12.2. The van der Waals surface area contributed by atoms with Crippen molar-refractivity contribution in [3.63, 3.8) is 0 Å². The molecule has 188 valence electrons. The number of aromatic nitrogens is 5. The van der Waals surface area contributed by atoms with E-state index in [0.29, 0.717) is 43.1 Å². The van der Waals surface area contributed by atoms with E-state index in [1.807, 2.05) is 42.1 Å². The highest BCUT2D eigenvalue weighted by molar-refractivity contribution is 5.97. The summed E-state index contributed by atoms with van der Waals surface area (Å²) in [6.07, 6.45) is 5.98. The lowest BCUT2D eigenvalue weighted by Gasteiger charge is -2.35. The Morgan fingerprint density at radius 1 is 1.06 bits per heavy atom. The lowest BCUT2D eigenvalue weighted by Crippen LogP contribution is -2.42. The highest BCUT2D eigenvalue weighted by Crippen LogP contribution is 2.29. The lowest BCUT2D eigenvalue weighted by molar-refractivity contribution is -0.0494. The monoisotopic (exact) mass is 495 g/mol. The maximum absolute atomic E-state index is 13.5. The van der Waals surface area contributed by atoms with Crippen molar-refractivity contribution in [2.75, 3.05) is 31.1 Å². The Labute approximate surface area is 206 Å². The van der Waals surface area contributed by atoms with E-state index in [9.17, 15) is 18.7 Å². The summed E-state index contributed by atoms with van der Waals surface area (Å²) in [4.78, 5) is 25.6. The Balaban J connectivity index is 1.24. The van der Waals surface area contributed by atoms with Crippen LogP contribution in [0.5, 0.6) is 0 Å². The van der Waals surface area contributed by atoms with Crippen molar-refractivity contribution in [2.45, 2.75) is 44.1 Å². The number of anilines is 1. The third-order valence-corrected chi connectivity index (χ3v) is 7.26. The molecule has 4 aromatic rings. The Kier molecular flexibility index (Phi) is 5.22. The van der Waals surface area contributed by atoms with Gasteiger partial charge in [0.2, 0.25) is 5.95 Å². The molecule has 2 fully saturated rings. The molecular formula is C25H27F2N7O2. The minimum atomic E-state index is -2.70. The molecule has 2 saturated heterocycles. The number of likely N-dealkylation sites (tertiary alicyclic amines) is 1. The first-order valence-corrected chi connectivity index (χ1v) is 12.2. The molecule has 11 heteroatoms. The number of piperidine rings is 2. The average Bonchev–Trinajstić information content (AvgIpc) is 3.47. The van der Waals surface area contributed by atoms with Gasteiger partial charge in [0.25, 0.3) is 11.8 Å². The van der Waals surface area contributed by atoms with Gasteiger partial charge in [0.15, 0.2) is 5.65 Å². The molecule has 0 radical (unpaired) electrons. The zero-order valence-electron chi connectivity index (χ0n) is 19.9. The quantitative estimate of drug-likeness (QED) is 0.469. The van der Waals surface area contributed by atoms with Gasteiger partial charge in [-0.15, -0.1) is 5.10 Å².